The summed E-state index contributed by atoms with van der Waals surface area (Å²) in [5, 5.41) is 0. The average Bonchev–Trinajstić information content (AvgIpc) is 3.20. The third kappa shape index (κ3) is 43.5. The highest BCUT2D eigenvalue weighted by Crippen LogP contribution is 2.11. The van der Waals surface area contributed by atoms with Crippen LogP contribution in [0.5, 0.6) is 0 Å². The van der Waals surface area contributed by atoms with Gasteiger partial charge in [0.2, 0.25) is 0 Å². The SMILES string of the molecule is CC/C=C\C/C=C\C/C=C\C/C=C\C/C=C\C/C=C\CCC(=O)OCC(COCCCCCCCC/C=C\C/C=C\CCCCC)OC(=O)CCCCCCC. The predicted octanol–water partition coefficient (Wildman–Crippen LogP) is 15.1. The van der Waals surface area contributed by atoms with Gasteiger partial charge in [0.05, 0.1) is 6.61 Å². The predicted molar refractivity (Wildman–Crippen MR) is 242 cm³/mol. The monoisotopic (exact) mass is 777 g/mol. The van der Waals surface area contributed by atoms with Gasteiger partial charge in [-0.2, -0.15) is 0 Å². The zero-order valence-corrected chi connectivity index (χ0v) is 36.4. The number of hydrogen-bond donors (Lipinski definition) is 0. The van der Waals surface area contributed by atoms with Gasteiger partial charge in [-0.1, -0.05) is 182 Å². The summed E-state index contributed by atoms with van der Waals surface area (Å²) in [7, 11) is 0. The molecule has 1 unspecified atom stereocenters. The molecule has 0 bridgehead atoms. The van der Waals surface area contributed by atoms with Gasteiger partial charge in [-0.05, 0) is 89.9 Å². The van der Waals surface area contributed by atoms with Crippen LogP contribution < -0.4 is 0 Å². The molecule has 1 atom stereocenters. The number of rotatable bonds is 40. The normalized spacial score (nSPS) is 13.1. The molecule has 0 aromatic carbocycles. The Kier molecular flexibility index (Phi) is 43.6. The highest BCUT2D eigenvalue weighted by Gasteiger charge is 2.17. The fourth-order valence-electron chi connectivity index (χ4n) is 5.74. The van der Waals surface area contributed by atoms with E-state index in [9.17, 15) is 9.59 Å². The zero-order valence-electron chi connectivity index (χ0n) is 36.4. The summed E-state index contributed by atoms with van der Waals surface area (Å²) in [5.41, 5.74) is 0. The third-order valence-corrected chi connectivity index (χ3v) is 9.12. The second kappa shape index (κ2) is 46.2. The Hall–Kier alpha value is -3.18. The number of carbonyl (C=O) groups is 2. The topological polar surface area (TPSA) is 61.8 Å². The number of carbonyl (C=O) groups excluding carboxylic acids is 2. The molecule has 0 N–H and O–H groups in total. The van der Waals surface area contributed by atoms with E-state index >= 15 is 0 Å². The summed E-state index contributed by atoms with van der Waals surface area (Å²) in [6.07, 6.45) is 61.6. The van der Waals surface area contributed by atoms with Crippen molar-refractivity contribution < 1.29 is 23.8 Å². The van der Waals surface area contributed by atoms with Crippen LogP contribution in [0.1, 0.15) is 188 Å². The largest absolute Gasteiger partial charge is 0.462 e. The summed E-state index contributed by atoms with van der Waals surface area (Å²) in [6, 6.07) is 0. The Morgan fingerprint density at radius 3 is 1.39 bits per heavy atom. The molecule has 0 aliphatic heterocycles. The lowest BCUT2D eigenvalue weighted by atomic mass is 10.1. The fourth-order valence-corrected chi connectivity index (χ4v) is 5.74. The van der Waals surface area contributed by atoms with E-state index in [2.05, 4.69) is 112 Å². The fraction of sp³-hybridized carbons (Fsp3) is 0.647. The molecule has 0 saturated heterocycles. The van der Waals surface area contributed by atoms with Gasteiger partial charge in [0.1, 0.15) is 6.61 Å². The minimum Gasteiger partial charge on any atom is -0.462 e. The first kappa shape index (κ1) is 52.8. The molecular formula is C51H84O5. The maximum absolute atomic E-state index is 12.5. The first-order chi connectivity index (χ1) is 27.6. The van der Waals surface area contributed by atoms with E-state index in [0.29, 0.717) is 25.9 Å². The van der Waals surface area contributed by atoms with Crippen molar-refractivity contribution in [3.05, 3.63) is 97.2 Å². The molecule has 0 aromatic heterocycles. The van der Waals surface area contributed by atoms with Crippen molar-refractivity contribution in [3.8, 4) is 0 Å². The van der Waals surface area contributed by atoms with Crippen LogP contribution in [0.4, 0.5) is 0 Å². The maximum Gasteiger partial charge on any atom is 0.306 e. The Morgan fingerprint density at radius 2 is 0.839 bits per heavy atom. The van der Waals surface area contributed by atoms with E-state index in [4.69, 9.17) is 14.2 Å². The van der Waals surface area contributed by atoms with Crippen molar-refractivity contribution in [2.75, 3.05) is 19.8 Å². The van der Waals surface area contributed by atoms with Crippen LogP contribution in [-0.4, -0.2) is 37.9 Å². The molecule has 0 aromatic rings. The molecule has 0 aliphatic carbocycles. The molecule has 318 valence electrons. The number of hydrogen-bond acceptors (Lipinski definition) is 5. The lowest BCUT2D eigenvalue weighted by molar-refractivity contribution is -0.162. The second-order valence-electron chi connectivity index (χ2n) is 14.6. The molecule has 0 saturated carbocycles. The molecule has 0 aliphatic rings. The van der Waals surface area contributed by atoms with Gasteiger partial charge in [-0.15, -0.1) is 0 Å². The first-order valence-corrected chi connectivity index (χ1v) is 22.8. The lowest BCUT2D eigenvalue weighted by Gasteiger charge is -2.18. The van der Waals surface area contributed by atoms with Crippen LogP contribution >= 0.6 is 0 Å². The smallest absolute Gasteiger partial charge is 0.306 e. The van der Waals surface area contributed by atoms with Crippen LogP contribution in [0.2, 0.25) is 0 Å². The molecule has 0 fully saturated rings. The van der Waals surface area contributed by atoms with Gasteiger partial charge < -0.3 is 14.2 Å². The van der Waals surface area contributed by atoms with Gasteiger partial charge >= 0.3 is 11.9 Å². The van der Waals surface area contributed by atoms with Crippen LogP contribution in [0.15, 0.2) is 97.2 Å². The highest BCUT2D eigenvalue weighted by molar-refractivity contribution is 5.70. The molecule has 0 rings (SSSR count). The summed E-state index contributed by atoms with van der Waals surface area (Å²) >= 11 is 0. The molecule has 5 heteroatoms. The van der Waals surface area contributed by atoms with Crippen LogP contribution in [0.25, 0.3) is 0 Å². The van der Waals surface area contributed by atoms with Gasteiger partial charge in [0, 0.05) is 19.4 Å². The standard InChI is InChI=1S/C51H84O5/c1-4-7-10-13-15-17-19-21-23-25-26-27-28-30-32-34-36-39-41-44-50(52)55-48-49(56-51(53)45-42-38-12-9-6-3)47-54-46-43-40-37-35-33-31-29-24-22-20-18-16-14-11-8-5-2/h7,10,15-18,21-24,26-27,30,32,36,39,49H,4-6,8-9,11-14,19-20,25,28-29,31,33-35,37-38,40-48H2,1-3H3/b10-7-,17-15-,18-16-,23-21-,24-22-,27-26-,32-30-,39-36-. The summed E-state index contributed by atoms with van der Waals surface area (Å²) in [5.74, 6) is -0.520. The van der Waals surface area contributed by atoms with E-state index in [1.165, 1.54) is 70.6 Å². The van der Waals surface area contributed by atoms with Crippen LogP contribution in [-0.2, 0) is 23.8 Å². The van der Waals surface area contributed by atoms with Crippen LogP contribution in [0.3, 0.4) is 0 Å². The Morgan fingerprint density at radius 1 is 0.411 bits per heavy atom. The summed E-state index contributed by atoms with van der Waals surface area (Å²) < 4.78 is 17.1. The van der Waals surface area contributed by atoms with E-state index in [-0.39, 0.29) is 25.2 Å². The number of ether oxygens (including phenoxy) is 3. The van der Waals surface area contributed by atoms with E-state index in [1.54, 1.807) is 0 Å². The molecule has 0 amide bonds. The lowest BCUT2D eigenvalue weighted by Crippen LogP contribution is -2.30. The molecule has 56 heavy (non-hydrogen) atoms. The number of allylic oxidation sites excluding steroid dienone is 16. The van der Waals surface area contributed by atoms with E-state index < -0.39 is 6.10 Å². The van der Waals surface area contributed by atoms with Crippen molar-refractivity contribution >= 4 is 11.9 Å². The van der Waals surface area contributed by atoms with Gasteiger partial charge in [-0.25, -0.2) is 0 Å². The maximum atomic E-state index is 12.5. The van der Waals surface area contributed by atoms with Gasteiger partial charge in [0.15, 0.2) is 6.10 Å². The van der Waals surface area contributed by atoms with Crippen molar-refractivity contribution in [1.29, 1.82) is 0 Å². The molecular weight excluding hydrogens is 693 g/mol. The van der Waals surface area contributed by atoms with E-state index in [1.807, 2.05) is 6.08 Å². The highest BCUT2D eigenvalue weighted by atomic mass is 16.6. The summed E-state index contributed by atoms with van der Waals surface area (Å²) in [6.45, 7) is 7.49. The van der Waals surface area contributed by atoms with Crippen molar-refractivity contribution in [2.24, 2.45) is 0 Å². The van der Waals surface area contributed by atoms with E-state index in [0.717, 1.165) is 77.0 Å². The Bertz CT molecular complexity index is 1110. The summed E-state index contributed by atoms with van der Waals surface area (Å²) in [4.78, 5) is 25.0. The first-order valence-electron chi connectivity index (χ1n) is 22.8. The minimum atomic E-state index is -0.572. The van der Waals surface area contributed by atoms with Crippen LogP contribution in [0, 0.1) is 0 Å². The average molecular weight is 777 g/mol. The van der Waals surface area contributed by atoms with Crippen molar-refractivity contribution in [2.45, 2.75) is 194 Å². The number of unbranched alkanes of at least 4 members (excludes halogenated alkanes) is 13. The van der Waals surface area contributed by atoms with Crippen molar-refractivity contribution in [1.82, 2.24) is 0 Å². The molecule has 0 spiro atoms. The number of esters is 2. The quantitative estimate of drug-likeness (QED) is 0.0352. The van der Waals surface area contributed by atoms with Crippen molar-refractivity contribution in [3.63, 3.8) is 0 Å². The molecule has 5 nitrogen and oxygen atoms in total. The Labute approximate surface area is 345 Å². The van der Waals surface area contributed by atoms with Gasteiger partial charge in [0.25, 0.3) is 0 Å². The minimum absolute atomic E-state index is 0.0356. The second-order valence-corrected chi connectivity index (χ2v) is 14.6. The molecule has 0 heterocycles. The molecule has 0 radical (unpaired) electrons. The third-order valence-electron chi connectivity index (χ3n) is 9.12. The zero-order chi connectivity index (χ0) is 40.7. The Balaban J connectivity index is 4.22. The van der Waals surface area contributed by atoms with Gasteiger partial charge in [-0.3, -0.25) is 9.59 Å².